The van der Waals surface area contributed by atoms with Crippen LogP contribution in [0, 0.1) is 11.3 Å². The standard InChI is InChI=1S/C26H25N5O2S2/c1-29-19-28-15-24(29)18-30-17-23(13-20-6-3-2-4-7-20)31(35(32,33)26-8-5-11-34-26)16-22-12-21(14-27)9-10-25(22)30/h2-12,15,19,23H,13,16-18H2,1H3/t23-/m1/s1. The topological polar surface area (TPSA) is 82.2 Å². The van der Waals surface area contributed by atoms with Crippen molar-refractivity contribution in [3.63, 3.8) is 0 Å². The fourth-order valence-electron chi connectivity index (χ4n) is 4.57. The number of hydrogen-bond acceptors (Lipinski definition) is 6. The molecule has 0 spiro atoms. The van der Waals surface area contributed by atoms with Crippen LogP contribution in [0.4, 0.5) is 5.69 Å². The number of imidazole rings is 1. The molecule has 1 aliphatic rings. The second-order valence-corrected chi connectivity index (χ2v) is 11.7. The summed E-state index contributed by atoms with van der Waals surface area (Å²) in [6.45, 7) is 1.28. The Morgan fingerprint density at radius 1 is 1.14 bits per heavy atom. The van der Waals surface area contributed by atoms with Gasteiger partial charge in [0.2, 0.25) is 0 Å². The van der Waals surface area contributed by atoms with Crippen molar-refractivity contribution in [1.82, 2.24) is 13.9 Å². The summed E-state index contributed by atoms with van der Waals surface area (Å²) in [5, 5.41) is 11.3. The molecule has 178 valence electrons. The molecule has 9 heteroatoms. The molecule has 3 heterocycles. The number of rotatable bonds is 6. The summed E-state index contributed by atoms with van der Waals surface area (Å²) >= 11 is 1.23. The van der Waals surface area contributed by atoms with E-state index < -0.39 is 10.0 Å². The van der Waals surface area contributed by atoms with Gasteiger partial charge in [0.25, 0.3) is 10.0 Å². The van der Waals surface area contributed by atoms with Gasteiger partial charge in [-0.05, 0) is 47.2 Å². The highest BCUT2D eigenvalue weighted by Gasteiger charge is 2.37. The molecule has 5 rings (SSSR count). The molecule has 0 saturated carbocycles. The van der Waals surface area contributed by atoms with E-state index in [1.165, 1.54) is 11.3 Å². The van der Waals surface area contributed by atoms with Gasteiger partial charge in [-0.1, -0.05) is 36.4 Å². The molecule has 0 fully saturated rings. The maximum Gasteiger partial charge on any atom is 0.253 e. The van der Waals surface area contributed by atoms with Crippen molar-refractivity contribution >= 4 is 27.0 Å². The van der Waals surface area contributed by atoms with Crippen LogP contribution < -0.4 is 4.90 Å². The minimum atomic E-state index is -3.74. The fourth-order valence-corrected chi connectivity index (χ4v) is 7.29. The van der Waals surface area contributed by atoms with Crippen molar-refractivity contribution in [3.05, 3.63) is 101 Å². The molecule has 7 nitrogen and oxygen atoms in total. The van der Waals surface area contributed by atoms with Crippen LogP contribution >= 0.6 is 11.3 Å². The van der Waals surface area contributed by atoms with Crippen LogP contribution in [0.1, 0.15) is 22.4 Å². The second kappa shape index (κ2) is 9.66. The van der Waals surface area contributed by atoms with E-state index in [0.29, 0.717) is 29.3 Å². The van der Waals surface area contributed by atoms with E-state index in [0.717, 1.165) is 22.5 Å². The van der Waals surface area contributed by atoms with Gasteiger partial charge in [0.1, 0.15) is 4.21 Å². The molecule has 2 aromatic carbocycles. The summed E-state index contributed by atoms with van der Waals surface area (Å²) in [6.07, 6.45) is 4.18. The van der Waals surface area contributed by atoms with E-state index in [1.54, 1.807) is 34.2 Å². The van der Waals surface area contributed by atoms with E-state index in [4.69, 9.17) is 0 Å². The lowest BCUT2D eigenvalue weighted by Gasteiger charge is -2.32. The zero-order valence-electron chi connectivity index (χ0n) is 19.3. The summed E-state index contributed by atoms with van der Waals surface area (Å²) in [5.41, 5.74) is 4.37. The summed E-state index contributed by atoms with van der Waals surface area (Å²) in [7, 11) is -1.79. The molecule has 4 aromatic rings. The Balaban J connectivity index is 1.62. The lowest BCUT2D eigenvalue weighted by atomic mass is 10.1. The number of sulfonamides is 1. The second-order valence-electron chi connectivity index (χ2n) is 8.66. The van der Waals surface area contributed by atoms with Gasteiger partial charge in [-0.15, -0.1) is 11.3 Å². The summed E-state index contributed by atoms with van der Waals surface area (Å²) < 4.78 is 31.7. The van der Waals surface area contributed by atoms with Crippen molar-refractivity contribution < 1.29 is 8.42 Å². The van der Waals surface area contributed by atoms with Crippen LogP contribution in [0.3, 0.4) is 0 Å². The smallest absolute Gasteiger partial charge is 0.253 e. The zero-order chi connectivity index (χ0) is 24.4. The first-order valence-electron chi connectivity index (χ1n) is 11.3. The van der Waals surface area contributed by atoms with Gasteiger partial charge < -0.3 is 9.47 Å². The van der Waals surface area contributed by atoms with Crippen molar-refractivity contribution in [2.45, 2.75) is 29.8 Å². The minimum absolute atomic E-state index is 0.199. The number of nitrogens with zero attached hydrogens (tertiary/aromatic N) is 5. The third-order valence-electron chi connectivity index (χ3n) is 6.36. The van der Waals surface area contributed by atoms with Gasteiger partial charge in [0, 0.05) is 38.1 Å². The Kier molecular flexibility index (Phi) is 6.43. The number of anilines is 1. The number of aryl methyl sites for hydroxylation is 1. The van der Waals surface area contributed by atoms with Crippen LogP contribution in [-0.2, 0) is 36.6 Å². The van der Waals surface area contributed by atoms with Gasteiger partial charge in [0.05, 0.1) is 30.2 Å². The first-order chi connectivity index (χ1) is 17.0. The summed E-state index contributed by atoms with van der Waals surface area (Å²) in [6, 6.07) is 20.8. The van der Waals surface area contributed by atoms with Crippen LogP contribution in [0.2, 0.25) is 0 Å². The molecule has 1 atom stereocenters. The van der Waals surface area contributed by atoms with E-state index in [2.05, 4.69) is 16.0 Å². The quantitative estimate of drug-likeness (QED) is 0.394. The molecule has 0 aliphatic carbocycles. The molecule has 35 heavy (non-hydrogen) atoms. The van der Waals surface area contributed by atoms with Crippen LogP contribution in [0.15, 0.2) is 82.8 Å². The maximum atomic E-state index is 13.9. The molecule has 1 aliphatic heterocycles. The highest BCUT2D eigenvalue weighted by atomic mass is 32.2. The average Bonchev–Trinajstić information content (AvgIpc) is 3.52. The predicted molar refractivity (Wildman–Crippen MR) is 136 cm³/mol. The van der Waals surface area contributed by atoms with E-state index >= 15 is 0 Å². The Morgan fingerprint density at radius 2 is 1.97 bits per heavy atom. The Labute approximate surface area is 209 Å². The van der Waals surface area contributed by atoms with Crippen molar-refractivity contribution in [2.75, 3.05) is 11.4 Å². The highest BCUT2D eigenvalue weighted by molar-refractivity contribution is 7.91. The molecule has 0 bridgehead atoms. The van der Waals surface area contributed by atoms with Crippen LogP contribution in [0.25, 0.3) is 0 Å². The summed E-state index contributed by atoms with van der Waals surface area (Å²) in [5.74, 6) is 0. The average molecular weight is 504 g/mol. The number of thiophene rings is 1. The van der Waals surface area contributed by atoms with Gasteiger partial charge >= 0.3 is 0 Å². The van der Waals surface area contributed by atoms with E-state index in [9.17, 15) is 13.7 Å². The van der Waals surface area contributed by atoms with E-state index in [1.807, 2.05) is 60.3 Å². The first kappa shape index (κ1) is 23.3. The number of fused-ring (bicyclic) bond motifs is 1. The first-order valence-corrected chi connectivity index (χ1v) is 13.6. The normalized spacial score (nSPS) is 16.5. The molecule has 0 amide bonds. The summed E-state index contributed by atoms with van der Waals surface area (Å²) in [4.78, 5) is 6.47. The predicted octanol–water partition coefficient (Wildman–Crippen LogP) is 4.18. The molecule has 2 aromatic heterocycles. The number of benzene rings is 2. The van der Waals surface area contributed by atoms with Crippen LogP contribution in [-0.4, -0.2) is 34.9 Å². The largest absolute Gasteiger partial charge is 0.364 e. The molecular formula is C26H25N5O2S2. The fraction of sp³-hybridized carbons (Fsp3) is 0.231. The van der Waals surface area contributed by atoms with Gasteiger partial charge in [0.15, 0.2) is 0 Å². The molecular weight excluding hydrogens is 478 g/mol. The Morgan fingerprint density at radius 3 is 2.66 bits per heavy atom. The Bertz CT molecular complexity index is 1460. The van der Waals surface area contributed by atoms with Gasteiger partial charge in [-0.3, -0.25) is 0 Å². The van der Waals surface area contributed by atoms with Crippen molar-refractivity contribution in [3.8, 4) is 6.07 Å². The lowest BCUT2D eigenvalue weighted by Crippen LogP contribution is -2.45. The van der Waals surface area contributed by atoms with Crippen molar-refractivity contribution in [2.24, 2.45) is 7.05 Å². The van der Waals surface area contributed by atoms with Gasteiger partial charge in [-0.25, -0.2) is 13.4 Å². The third kappa shape index (κ3) is 4.73. The SMILES string of the molecule is Cn1cncc1CN1C[C@@H](Cc2ccccc2)N(S(=O)(=O)c2cccs2)Cc2cc(C#N)ccc21. The van der Waals surface area contributed by atoms with Crippen molar-refractivity contribution in [1.29, 1.82) is 5.26 Å². The minimum Gasteiger partial charge on any atom is -0.364 e. The number of aromatic nitrogens is 2. The molecule has 0 saturated heterocycles. The maximum absolute atomic E-state index is 13.9. The van der Waals surface area contributed by atoms with Gasteiger partial charge in [-0.2, -0.15) is 9.57 Å². The van der Waals surface area contributed by atoms with Crippen LogP contribution in [0.5, 0.6) is 0 Å². The number of hydrogen-bond donors (Lipinski definition) is 0. The number of nitriles is 1. The monoisotopic (exact) mass is 503 g/mol. The lowest BCUT2D eigenvalue weighted by molar-refractivity contribution is 0.318. The zero-order valence-corrected chi connectivity index (χ0v) is 20.9. The molecule has 0 N–H and O–H groups in total. The molecule has 0 unspecified atom stereocenters. The highest BCUT2D eigenvalue weighted by Crippen LogP contribution is 2.34. The van der Waals surface area contributed by atoms with E-state index in [-0.39, 0.29) is 12.6 Å². The Hall–Kier alpha value is -3.45. The third-order valence-corrected chi connectivity index (χ3v) is 9.63. The molecule has 0 radical (unpaired) electrons.